The average Bonchev–Trinajstić information content (AvgIpc) is 3.03. The van der Waals surface area contributed by atoms with Crippen molar-refractivity contribution in [2.75, 3.05) is 18.0 Å². The number of aromatic nitrogens is 7. The van der Waals surface area contributed by atoms with E-state index in [-0.39, 0.29) is 5.56 Å². The molecule has 1 aliphatic rings. The van der Waals surface area contributed by atoms with Gasteiger partial charge in [0.25, 0.3) is 5.56 Å². The standard InChI is InChI=1S/C20H20N8O/c1-13-7-14(2)28(24-13)18-3-4-19(29)27(25-18)11-15-9-26(10-15)20-16-5-6-21-8-17(16)22-12-23-20/h3-8,12,15H,9-11H2,1-2H3. The van der Waals surface area contributed by atoms with E-state index in [9.17, 15) is 4.79 Å². The largest absolute Gasteiger partial charge is 0.355 e. The van der Waals surface area contributed by atoms with Gasteiger partial charge >= 0.3 is 0 Å². The van der Waals surface area contributed by atoms with Crippen molar-refractivity contribution in [3.8, 4) is 5.82 Å². The number of aryl methyl sites for hydroxylation is 2. The van der Waals surface area contributed by atoms with E-state index in [4.69, 9.17) is 0 Å². The minimum Gasteiger partial charge on any atom is -0.355 e. The van der Waals surface area contributed by atoms with E-state index < -0.39 is 0 Å². The first-order valence-corrected chi connectivity index (χ1v) is 9.50. The second-order valence-electron chi connectivity index (χ2n) is 7.41. The fourth-order valence-corrected chi connectivity index (χ4v) is 3.79. The molecule has 146 valence electrons. The molecule has 9 heteroatoms. The molecular weight excluding hydrogens is 368 g/mol. The Bertz CT molecular complexity index is 1250. The first kappa shape index (κ1) is 17.5. The van der Waals surface area contributed by atoms with Crippen LogP contribution in [0.2, 0.25) is 0 Å². The van der Waals surface area contributed by atoms with Crippen LogP contribution >= 0.6 is 0 Å². The molecule has 0 atom stereocenters. The summed E-state index contributed by atoms with van der Waals surface area (Å²) in [6, 6.07) is 7.19. The van der Waals surface area contributed by atoms with Gasteiger partial charge in [-0.15, -0.1) is 5.10 Å². The minimum absolute atomic E-state index is 0.104. The maximum atomic E-state index is 12.3. The van der Waals surface area contributed by atoms with E-state index in [2.05, 4.69) is 30.0 Å². The summed E-state index contributed by atoms with van der Waals surface area (Å²) >= 11 is 0. The van der Waals surface area contributed by atoms with Crippen LogP contribution < -0.4 is 10.5 Å². The fourth-order valence-electron chi connectivity index (χ4n) is 3.79. The summed E-state index contributed by atoms with van der Waals surface area (Å²) in [6.07, 6.45) is 5.06. The van der Waals surface area contributed by atoms with Gasteiger partial charge in [-0.05, 0) is 32.0 Å². The van der Waals surface area contributed by atoms with Gasteiger partial charge in [0.2, 0.25) is 0 Å². The first-order valence-electron chi connectivity index (χ1n) is 9.50. The zero-order chi connectivity index (χ0) is 20.0. The summed E-state index contributed by atoms with van der Waals surface area (Å²) in [5.74, 6) is 1.88. The lowest BCUT2D eigenvalue weighted by Gasteiger charge is -2.40. The summed E-state index contributed by atoms with van der Waals surface area (Å²) < 4.78 is 3.30. The molecule has 4 aromatic heterocycles. The summed E-state index contributed by atoms with van der Waals surface area (Å²) in [7, 11) is 0. The molecule has 0 spiro atoms. The van der Waals surface area contributed by atoms with Crippen molar-refractivity contribution in [3.63, 3.8) is 0 Å². The number of anilines is 1. The molecular formula is C20H20N8O. The van der Waals surface area contributed by atoms with Crippen molar-refractivity contribution in [2.45, 2.75) is 20.4 Å². The highest BCUT2D eigenvalue weighted by Gasteiger charge is 2.30. The highest BCUT2D eigenvalue weighted by atomic mass is 16.1. The van der Waals surface area contributed by atoms with Gasteiger partial charge in [-0.3, -0.25) is 9.78 Å². The molecule has 0 saturated carbocycles. The van der Waals surface area contributed by atoms with Crippen molar-refractivity contribution < 1.29 is 0 Å². The zero-order valence-electron chi connectivity index (χ0n) is 16.2. The average molecular weight is 388 g/mol. The monoisotopic (exact) mass is 388 g/mol. The lowest BCUT2D eigenvalue weighted by atomic mass is 10.00. The molecule has 0 N–H and O–H groups in total. The molecule has 0 aliphatic carbocycles. The van der Waals surface area contributed by atoms with Crippen LogP contribution in [0.1, 0.15) is 11.4 Å². The maximum Gasteiger partial charge on any atom is 0.266 e. The fraction of sp³-hybridized carbons (Fsp3) is 0.300. The predicted molar refractivity (Wildman–Crippen MR) is 108 cm³/mol. The van der Waals surface area contributed by atoms with Gasteiger partial charge in [0.15, 0.2) is 5.82 Å². The summed E-state index contributed by atoms with van der Waals surface area (Å²) in [4.78, 5) is 27.3. The van der Waals surface area contributed by atoms with E-state index in [1.54, 1.807) is 35.5 Å². The van der Waals surface area contributed by atoms with Crippen LogP contribution in [0, 0.1) is 19.8 Å². The molecule has 0 bridgehead atoms. The lowest BCUT2D eigenvalue weighted by Crippen LogP contribution is -2.50. The minimum atomic E-state index is -0.104. The lowest BCUT2D eigenvalue weighted by molar-refractivity contribution is 0.332. The Kier molecular flexibility index (Phi) is 4.08. The van der Waals surface area contributed by atoms with E-state index in [1.165, 1.54) is 4.68 Å². The number of nitrogens with zero attached hydrogens (tertiary/aromatic N) is 8. The quantitative estimate of drug-likeness (QED) is 0.523. The Morgan fingerprint density at radius 3 is 2.76 bits per heavy atom. The molecule has 1 aliphatic heterocycles. The number of pyridine rings is 1. The van der Waals surface area contributed by atoms with Gasteiger partial charge in [-0.2, -0.15) is 5.10 Å². The number of hydrogen-bond donors (Lipinski definition) is 0. The van der Waals surface area contributed by atoms with Crippen LogP contribution in [-0.2, 0) is 6.54 Å². The molecule has 0 amide bonds. The highest BCUT2D eigenvalue weighted by Crippen LogP contribution is 2.28. The normalized spacial score (nSPS) is 14.3. The zero-order valence-corrected chi connectivity index (χ0v) is 16.2. The smallest absolute Gasteiger partial charge is 0.266 e. The van der Waals surface area contributed by atoms with E-state index in [1.807, 2.05) is 26.0 Å². The van der Waals surface area contributed by atoms with Gasteiger partial charge in [0.05, 0.1) is 24.0 Å². The topological polar surface area (TPSA) is 94.6 Å². The Morgan fingerprint density at radius 1 is 1.10 bits per heavy atom. The predicted octanol–water partition coefficient (Wildman–Crippen LogP) is 1.52. The molecule has 5 rings (SSSR count). The van der Waals surface area contributed by atoms with Crippen molar-refractivity contribution in [1.82, 2.24) is 34.5 Å². The van der Waals surface area contributed by atoms with Crippen LogP contribution in [0.15, 0.2) is 47.8 Å². The van der Waals surface area contributed by atoms with Crippen LogP contribution in [0.25, 0.3) is 16.7 Å². The molecule has 1 saturated heterocycles. The van der Waals surface area contributed by atoms with Gasteiger partial charge in [-0.1, -0.05) is 0 Å². The van der Waals surface area contributed by atoms with Crippen LogP contribution in [0.5, 0.6) is 0 Å². The van der Waals surface area contributed by atoms with Crippen molar-refractivity contribution >= 4 is 16.7 Å². The van der Waals surface area contributed by atoms with Gasteiger partial charge in [-0.25, -0.2) is 19.3 Å². The second kappa shape index (κ2) is 6.77. The molecule has 9 nitrogen and oxygen atoms in total. The summed E-state index contributed by atoms with van der Waals surface area (Å²) in [5, 5.41) is 9.98. The Morgan fingerprint density at radius 2 is 1.97 bits per heavy atom. The van der Waals surface area contributed by atoms with Crippen LogP contribution in [0.3, 0.4) is 0 Å². The van der Waals surface area contributed by atoms with Crippen molar-refractivity contribution in [2.24, 2.45) is 5.92 Å². The van der Waals surface area contributed by atoms with Gasteiger partial charge in [0.1, 0.15) is 12.1 Å². The summed E-state index contributed by atoms with van der Waals surface area (Å²) in [5.41, 5.74) is 2.63. The SMILES string of the molecule is Cc1cc(C)n(-c2ccc(=O)n(CC3CN(c4ncnc5cnccc45)C3)n2)n1. The molecule has 4 aromatic rings. The Labute approximate surface area is 166 Å². The third kappa shape index (κ3) is 3.14. The Balaban J connectivity index is 1.34. The Hall–Kier alpha value is -3.62. The van der Waals surface area contributed by atoms with Gasteiger partial charge in [0, 0.05) is 42.4 Å². The van der Waals surface area contributed by atoms with Crippen LogP contribution in [-0.4, -0.2) is 47.6 Å². The maximum absolute atomic E-state index is 12.3. The molecule has 5 heterocycles. The number of fused-ring (bicyclic) bond motifs is 1. The number of hydrogen-bond acceptors (Lipinski definition) is 7. The van der Waals surface area contributed by atoms with E-state index in [0.29, 0.717) is 18.3 Å². The summed E-state index contributed by atoms with van der Waals surface area (Å²) in [6.45, 7) is 6.10. The molecule has 1 fully saturated rings. The van der Waals surface area contributed by atoms with Crippen molar-refractivity contribution in [3.05, 3.63) is 64.7 Å². The molecule has 29 heavy (non-hydrogen) atoms. The third-order valence-electron chi connectivity index (χ3n) is 5.18. The van der Waals surface area contributed by atoms with Crippen LogP contribution in [0.4, 0.5) is 5.82 Å². The second-order valence-corrected chi connectivity index (χ2v) is 7.41. The van der Waals surface area contributed by atoms with E-state index >= 15 is 0 Å². The third-order valence-corrected chi connectivity index (χ3v) is 5.18. The number of rotatable bonds is 4. The molecule has 0 aromatic carbocycles. The molecule has 0 radical (unpaired) electrons. The first-order chi connectivity index (χ1) is 14.1. The van der Waals surface area contributed by atoms with Crippen molar-refractivity contribution in [1.29, 1.82) is 0 Å². The van der Waals surface area contributed by atoms with E-state index in [0.717, 1.165) is 41.2 Å². The highest BCUT2D eigenvalue weighted by molar-refractivity contribution is 5.88. The molecule has 0 unspecified atom stereocenters. The van der Waals surface area contributed by atoms with Gasteiger partial charge < -0.3 is 4.90 Å².